The highest BCUT2D eigenvalue weighted by molar-refractivity contribution is 6.21. The van der Waals surface area contributed by atoms with Crippen molar-refractivity contribution in [1.29, 1.82) is 0 Å². The van der Waals surface area contributed by atoms with Crippen molar-refractivity contribution in [2.75, 3.05) is 28.4 Å². The smallest absolute Gasteiger partial charge is 0.521 e. The van der Waals surface area contributed by atoms with Crippen molar-refractivity contribution >= 4 is 7.69 Å². The second-order valence-electron chi connectivity index (χ2n) is 5.31. The number of hydrogen-bond acceptors (Lipinski definition) is 8. The summed E-state index contributed by atoms with van der Waals surface area (Å²) in [6.07, 6.45) is 0. The van der Waals surface area contributed by atoms with Gasteiger partial charge < -0.3 is 38.5 Å². The Labute approximate surface area is 158 Å². The van der Waals surface area contributed by atoms with Gasteiger partial charge in [-0.15, -0.1) is 0 Å². The Morgan fingerprint density at radius 1 is 0.630 bits per heavy atom. The molecule has 27 heavy (non-hydrogen) atoms. The summed E-state index contributed by atoms with van der Waals surface area (Å²) in [5.41, 5.74) is 1.22. The first kappa shape index (κ1) is 20.5. The number of rotatable bonds is 10. The highest BCUT2D eigenvalue weighted by Crippen LogP contribution is 2.40. The van der Waals surface area contributed by atoms with Gasteiger partial charge in [0.1, 0.15) is 0 Å². The van der Waals surface area contributed by atoms with Crippen LogP contribution in [-0.2, 0) is 13.2 Å². The van der Waals surface area contributed by atoms with Crippen molar-refractivity contribution in [2.45, 2.75) is 13.2 Å². The second-order valence-corrected chi connectivity index (χ2v) is 5.31. The summed E-state index contributed by atoms with van der Waals surface area (Å²) >= 11 is 0. The summed E-state index contributed by atoms with van der Waals surface area (Å²) in [4.78, 5) is 0. The van der Waals surface area contributed by atoms with E-state index in [9.17, 15) is 10.2 Å². The van der Waals surface area contributed by atoms with E-state index >= 15 is 0 Å². The normalized spacial score (nSPS) is 10.1. The molecule has 2 aromatic carbocycles. The Morgan fingerprint density at radius 2 is 0.926 bits per heavy atom. The van der Waals surface area contributed by atoms with Crippen LogP contribution in [0.2, 0.25) is 0 Å². The van der Waals surface area contributed by atoms with Crippen molar-refractivity contribution < 1.29 is 38.5 Å². The predicted octanol–water partition coefficient (Wildman–Crippen LogP) is 1.70. The number of benzene rings is 2. The number of hydrogen-bond donors (Lipinski definition) is 2. The van der Waals surface area contributed by atoms with Crippen LogP contribution in [0, 0.1) is 0 Å². The van der Waals surface area contributed by atoms with Crippen LogP contribution in [0.1, 0.15) is 11.1 Å². The molecule has 1 radical (unpaired) electrons. The third kappa shape index (κ3) is 4.69. The molecular formula is C18H22BO8. The minimum atomic E-state index is -0.168. The van der Waals surface area contributed by atoms with Crippen LogP contribution in [0.15, 0.2) is 24.3 Å². The second kappa shape index (κ2) is 9.79. The van der Waals surface area contributed by atoms with Gasteiger partial charge in [0.25, 0.3) is 0 Å². The molecule has 0 amide bonds. The molecule has 8 nitrogen and oxygen atoms in total. The van der Waals surface area contributed by atoms with Gasteiger partial charge in [-0.05, 0) is 35.4 Å². The van der Waals surface area contributed by atoms with Gasteiger partial charge in [0.15, 0.2) is 34.5 Å². The zero-order valence-corrected chi connectivity index (χ0v) is 15.6. The largest absolute Gasteiger partial charge is 0.658 e. The van der Waals surface area contributed by atoms with Crippen LogP contribution >= 0.6 is 0 Å². The molecule has 0 aliphatic rings. The van der Waals surface area contributed by atoms with Gasteiger partial charge in [-0.3, -0.25) is 0 Å². The van der Waals surface area contributed by atoms with E-state index in [0.29, 0.717) is 34.1 Å². The van der Waals surface area contributed by atoms with E-state index in [1.54, 1.807) is 24.3 Å². The number of aliphatic hydroxyl groups excluding tert-OH is 2. The zero-order chi connectivity index (χ0) is 19.8. The molecule has 0 aromatic heterocycles. The van der Waals surface area contributed by atoms with Crippen molar-refractivity contribution in [3.05, 3.63) is 35.4 Å². The number of ether oxygens (including phenoxy) is 4. The van der Waals surface area contributed by atoms with Gasteiger partial charge in [0.05, 0.1) is 41.7 Å². The monoisotopic (exact) mass is 377 g/mol. The minimum absolute atomic E-state index is 0.168. The summed E-state index contributed by atoms with van der Waals surface area (Å²) < 4.78 is 32.3. The first-order chi connectivity index (χ1) is 13.1. The third-order valence-corrected chi connectivity index (χ3v) is 3.74. The molecule has 0 atom stereocenters. The highest BCUT2D eigenvalue weighted by atomic mass is 16.6. The third-order valence-electron chi connectivity index (χ3n) is 3.74. The van der Waals surface area contributed by atoms with E-state index in [1.807, 2.05) is 0 Å². The van der Waals surface area contributed by atoms with Crippen LogP contribution in [0.4, 0.5) is 0 Å². The molecule has 2 N–H and O–H groups in total. The highest BCUT2D eigenvalue weighted by Gasteiger charge is 2.19. The van der Waals surface area contributed by atoms with Crippen LogP contribution < -0.4 is 28.3 Å². The summed E-state index contributed by atoms with van der Waals surface area (Å²) in [6, 6.07) is 6.51. The summed E-state index contributed by atoms with van der Waals surface area (Å²) in [7, 11) is 6.98. The maximum absolute atomic E-state index is 9.32. The van der Waals surface area contributed by atoms with Crippen LogP contribution in [0.5, 0.6) is 34.5 Å². The number of methoxy groups -OCH3 is 4. The maximum atomic E-state index is 9.32. The van der Waals surface area contributed by atoms with E-state index in [4.69, 9.17) is 28.3 Å². The maximum Gasteiger partial charge on any atom is 0.658 e. The average Bonchev–Trinajstić information content (AvgIpc) is 2.72. The Bertz CT molecular complexity index is 652. The minimum Gasteiger partial charge on any atom is -0.521 e. The van der Waals surface area contributed by atoms with Crippen molar-refractivity contribution in [2.24, 2.45) is 0 Å². The van der Waals surface area contributed by atoms with E-state index in [-0.39, 0.29) is 24.7 Å². The summed E-state index contributed by atoms with van der Waals surface area (Å²) in [5.74, 6) is 2.03. The van der Waals surface area contributed by atoms with Gasteiger partial charge >= 0.3 is 7.69 Å². The fourth-order valence-corrected chi connectivity index (χ4v) is 2.40. The van der Waals surface area contributed by atoms with Gasteiger partial charge in [-0.25, -0.2) is 0 Å². The first-order valence-corrected chi connectivity index (χ1v) is 7.98. The molecule has 0 saturated heterocycles. The topological polar surface area (TPSA) is 95.8 Å². The quantitative estimate of drug-likeness (QED) is 0.604. The van der Waals surface area contributed by atoms with E-state index in [0.717, 1.165) is 7.69 Å². The van der Waals surface area contributed by atoms with Gasteiger partial charge in [-0.2, -0.15) is 0 Å². The molecule has 0 spiro atoms. The molecular weight excluding hydrogens is 355 g/mol. The number of aliphatic hydroxyl groups is 2. The molecule has 9 heteroatoms. The molecule has 0 saturated carbocycles. The molecule has 0 aliphatic heterocycles. The summed E-state index contributed by atoms with van der Waals surface area (Å²) in [6.45, 7) is -0.336. The fourth-order valence-electron chi connectivity index (χ4n) is 2.40. The van der Waals surface area contributed by atoms with Crippen LogP contribution in [0.3, 0.4) is 0 Å². The summed E-state index contributed by atoms with van der Waals surface area (Å²) in [5, 5.41) is 18.6. The lowest BCUT2D eigenvalue weighted by Gasteiger charge is -2.17. The standard InChI is InChI=1S/C18H22BO8/c1-22-13-5-11(9-20)6-14(23-2)17(13)26-19-27-18-15(24-3)7-12(10-21)8-16(18)25-4/h5-8,20-21H,9-10H2,1-4H3. The molecule has 0 aliphatic carbocycles. The molecule has 0 bridgehead atoms. The molecule has 2 rings (SSSR count). The Hall–Kier alpha value is -2.78. The molecule has 145 valence electrons. The van der Waals surface area contributed by atoms with Gasteiger partial charge in [0.2, 0.25) is 0 Å². The molecule has 0 heterocycles. The zero-order valence-electron chi connectivity index (χ0n) is 15.6. The molecule has 2 aromatic rings. The predicted molar refractivity (Wildman–Crippen MR) is 97.9 cm³/mol. The molecule has 0 fully saturated rings. The van der Waals surface area contributed by atoms with Crippen LogP contribution in [-0.4, -0.2) is 46.3 Å². The average molecular weight is 377 g/mol. The van der Waals surface area contributed by atoms with Crippen LogP contribution in [0.25, 0.3) is 0 Å². The Morgan fingerprint density at radius 3 is 1.15 bits per heavy atom. The van der Waals surface area contributed by atoms with Crippen molar-refractivity contribution in [3.63, 3.8) is 0 Å². The molecule has 0 unspecified atom stereocenters. The van der Waals surface area contributed by atoms with Crippen molar-refractivity contribution in [3.8, 4) is 34.5 Å². The lowest BCUT2D eigenvalue weighted by Crippen LogP contribution is -2.14. The van der Waals surface area contributed by atoms with Gasteiger partial charge in [-0.1, -0.05) is 0 Å². The lowest BCUT2D eigenvalue weighted by atomic mass is 10.1. The van der Waals surface area contributed by atoms with E-state index in [2.05, 4.69) is 0 Å². The van der Waals surface area contributed by atoms with E-state index < -0.39 is 0 Å². The fraction of sp³-hybridized carbons (Fsp3) is 0.333. The SMILES string of the molecule is COc1cc(CO)cc(OC)c1O[B]Oc1c(OC)cc(CO)cc1OC. The lowest BCUT2D eigenvalue weighted by molar-refractivity contribution is 0.278. The van der Waals surface area contributed by atoms with Gasteiger partial charge in [0, 0.05) is 0 Å². The Kier molecular flexibility index (Phi) is 7.45. The Balaban J connectivity index is 2.24. The van der Waals surface area contributed by atoms with E-state index in [1.165, 1.54) is 28.4 Å². The first-order valence-electron chi connectivity index (χ1n) is 7.98. The van der Waals surface area contributed by atoms with Crippen molar-refractivity contribution in [1.82, 2.24) is 0 Å².